The molecule has 108 valence electrons. The van der Waals surface area contributed by atoms with E-state index in [0.29, 0.717) is 5.75 Å². The summed E-state index contributed by atoms with van der Waals surface area (Å²) in [6, 6.07) is 5.26. The van der Waals surface area contributed by atoms with Crippen molar-refractivity contribution >= 4 is 5.97 Å². The van der Waals surface area contributed by atoms with Crippen molar-refractivity contribution in [3.63, 3.8) is 0 Å². The minimum absolute atomic E-state index is 0.102. The number of hydroxylamine groups is 1. The summed E-state index contributed by atoms with van der Waals surface area (Å²) < 4.78 is 0. The van der Waals surface area contributed by atoms with Crippen molar-refractivity contribution in [3.8, 4) is 5.75 Å². The zero-order valence-corrected chi connectivity index (χ0v) is 12.1. The maximum atomic E-state index is 9.74. The lowest BCUT2D eigenvalue weighted by molar-refractivity contribution is -0.134. The zero-order valence-electron chi connectivity index (χ0n) is 12.1. The number of aromatic hydroxyl groups is 1. The van der Waals surface area contributed by atoms with Gasteiger partial charge in [0.15, 0.2) is 0 Å². The summed E-state index contributed by atoms with van der Waals surface area (Å²) in [5.41, 5.74) is 3.95. The lowest BCUT2D eigenvalue weighted by Gasteiger charge is -2.22. The number of phenolic OH excluding ortho intramolecular Hbond substituents is 1. The molecule has 1 unspecified atom stereocenters. The smallest absolute Gasteiger partial charge is 0.300 e. The number of benzene rings is 1. The molecule has 1 atom stereocenters. The third-order valence-electron chi connectivity index (χ3n) is 2.52. The summed E-state index contributed by atoms with van der Waals surface area (Å²) in [4.78, 5) is 9.00. The van der Waals surface area contributed by atoms with Gasteiger partial charge in [-0.2, -0.15) is 5.48 Å². The van der Waals surface area contributed by atoms with Gasteiger partial charge in [0.25, 0.3) is 5.97 Å². The van der Waals surface area contributed by atoms with E-state index in [4.69, 9.17) is 15.1 Å². The molecular formula is C14H23NO4. The van der Waals surface area contributed by atoms with Crippen LogP contribution in [0.4, 0.5) is 0 Å². The number of rotatable bonds is 2. The first-order valence-corrected chi connectivity index (χ1v) is 6.02. The van der Waals surface area contributed by atoms with Crippen LogP contribution in [0.3, 0.4) is 0 Å². The molecule has 0 saturated heterocycles. The summed E-state index contributed by atoms with van der Waals surface area (Å²) in [5.74, 6) is -0.531. The number of hydrogen-bond acceptors (Lipinski definition) is 4. The SMILES string of the molecule is CC(=O)O.CC(NO)c1ccc(O)c(C(C)(C)C)c1. The fraction of sp³-hybridized carbons (Fsp3) is 0.500. The van der Waals surface area contributed by atoms with E-state index in [1.165, 1.54) is 0 Å². The Labute approximate surface area is 113 Å². The maximum absolute atomic E-state index is 9.74. The summed E-state index contributed by atoms with van der Waals surface area (Å²) in [7, 11) is 0. The topological polar surface area (TPSA) is 89.8 Å². The minimum atomic E-state index is -0.833. The third kappa shape index (κ3) is 6.22. The van der Waals surface area contributed by atoms with Crippen molar-refractivity contribution in [2.45, 2.75) is 46.1 Å². The normalized spacial score (nSPS) is 12.3. The van der Waals surface area contributed by atoms with Crippen molar-refractivity contribution in [2.75, 3.05) is 0 Å². The average molecular weight is 269 g/mol. The van der Waals surface area contributed by atoms with E-state index in [-0.39, 0.29) is 11.5 Å². The molecule has 0 bridgehead atoms. The van der Waals surface area contributed by atoms with Crippen LogP contribution in [0.1, 0.15) is 51.8 Å². The van der Waals surface area contributed by atoms with Crippen LogP contribution in [0.25, 0.3) is 0 Å². The molecule has 0 aliphatic carbocycles. The van der Waals surface area contributed by atoms with Crippen molar-refractivity contribution < 1.29 is 20.2 Å². The van der Waals surface area contributed by atoms with Crippen LogP contribution >= 0.6 is 0 Å². The van der Waals surface area contributed by atoms with Crippen molar-refractivity contribution in [1.82, 2.24) is 5.48 Å². The molecule has 4 N–H and O–H groups in total. The van der Waals surface area contributed by atoms with Gasteiger partial charge in [0.1, 0.15) is 5.75 Å². The van der Waals surface area contributed by atoms with Gasteiger partial charge in [0.05, 0.1) is 6.04 Å². The molecule has 1 rings (SSSR count). The number of nitrogens with one attached hydrogen (secondary N) is 1. The molecule has 19 heavy (non-hydrogen) atoms. The van der Waals surface area contributed by atoms with Crippen LogP contribution in [0.5, 0.6) is 5.75 Å². The number of carboxylic acids is 1. The Kier molecular flexibility index (Phi) is 6.52. The number of carbonyl (C=O) groups is 1. The van der Waals surface area contributed by atoms with E-state index in [1.807, 2.05) is 33.8 Å². The Morgan fingerprint density at radius 2 is 1.79 bits per heavy atom. The Morgan fingerprint density at radius 1 is 1.32 bits per heavy atom. The highest BCUT2D eigenvalue weighted by molar-refractivity contribution is 5.62. The highest BCUT2D eigenvalue weighted by atomic mass is 16.5. The van der Waals surface area contributed by atoms with Gasteiger partial charge in [-0.05, 0) is 35.6 Å². The lowest BCUT2D eigenvalue weighted by atomic mass is 9.85. The van der Waals surface area contributed by atoms with Gasteiger partial charge in [0, 0.05) is 6.92 Å². The minimum Gasteiger partial charge on any atom is -0.508 e. The summed E-state index contributed by atoms with van der Waals surface area (Å²) >= 11 is 0. The van der Waals surface area contributed by atoms with Crippen molar-refractivity contribution in [3.05, 3.63) is 29.3 Å². The first-order valence-electron chi connectivity index (χ1n) is 6.02. The average Bonchev–Trinajstić information content (AvgIpc) is 2.26. The first-order chi connectivity index (χ1) is 8.59. The molecule has 0 radical (unpaired) electrons. The molecule has 0 fully saturated rings. The van der Waals surface area contributed by atoms with E-state index in [0.717, 1.165) is 18.1 Å². The number of phenols is 1. The number of aliphatic carboxylic acids is 1. The van der Waals surface area contributed by atoms with Crippen molar-refractivity contribution in [2.24, 2.45) is 0 Å². The van der Waals surface area contributed by atoms with Gasteiger partial charge < -0.3 is 15.4 Å². The summed E-state index contributed by atoms with van der Waals surface area (Å²) in [6.45, 7) is 9.08. The fourth-order valence-electron chi connectivity index (χ4n) is 1.50. The highest BCUT2D eigenvalue weighted by Gasteiger charge is 2.19. The standard InChI is InChI=1S/C12H19NO2.C2H4O2/c1-8(13-15)9-5-6-11(14)10(7-9)12(2,3)4;1-2(3)4/h5-8,13-15H,1-4H3;1H3,(H,3,4). The summed E-state index contributed by atoms with van der Waals surface area (Å²) in [5, 5.41) is 26.0. The monoisotopic (exact) mass is 269 g/mol. The second kappa shape index (κ2) is 7.11. The van der Waals surface area contributed by atoms with Gasteiger partial charge in [-0.1, -0.05) is 26.8 Å². The Hall–Kier alpha value is -1.59. The van der Waals surface area contributed by atoms with Gasteiger partial charge >= 0.3 is 0 Å². The molecule has 0 aliphatic heterocycles. The molecule has 0 aliphatic rings. The molecule has 0 spiro atoms. The fourth-order valence-corrected chi connectivity index (χ4v) is 1.50. The quantitative estimate of drug-likeness (QED) is 0.620. The molecule has 0 heterocycles. The Bertz CT molecular complexity index is 420. The molecular weight excluding hydrogens is 246 g/mol. The van der Waals surface area contributed by atoms with Gasteiger partial charge in [-0.25, -0.2) is 0 Å². The second-order valence-electron chi connectivity index (χ2n) is 5.40. The van der Waals surface area contributed by atoms with Crippen LogP contribution in [-0.4, -0.2) is 21.4 Å². The summed E-state index contributed by atoms with van der Waals surface area (Å²) in [6.07, 6.45) is 0. The second-order valence-corrected chi connectivity index (χ2v) is 5.40. The molecule has 0 amide bonds. The van der Waals surface area contributed by atoms with E-state index < -0.39 is 5.97 Å². The van der Waals surface area contributed by atoms with Crippen LogP contribution < -0.4 is 5.48 Å². The van der Waals surface area contributed by atoms with Crippen LogP contribution in [0, 0.1) is 0 Å². The molecule has 5 nitrogen and oxygen atoms in total. The highest BCUT2D eigenvalue weighted by Crippen LogP contribution is 2.32. The Morgan fingerprint density at radius 3 is 2.16 bits per heavy atom. The maximum Gasteiger partial charge on any atom is 0.300 e. The molecule has 0 aromatic heterocycles. The van der Waals surface area contributed by atoms with Crippen LogP contribution in [-0.2, 0) is 10.2 Å². The third-order valence-corrected chi connectivity index (χ3v) is 2.52. The lowest BCUT2D eigenvalue weighted by Crippen LogP contribution is -2.16. The zero-order chi connectivity index (χ0) is 15.2. The molecule has 1 aromatic rings. The van der Waals surface area contributed by atoms with Crippen LogP contribution in [0.2, 0.25) is 0 Å². The molecule has 0 saturated carbocycles. The largest absolute Gasteiger partial charge is 0.508 e. The first kappa shape index (κ1) is 17.4. The van der Waals surface area contributed by atoms with E-state index in [2.05, 4.69) is 5.48 Å². The Balaban J connectivity index is 0.000000711. The van der Waals surface area contributed by atoms with Gasteiger partial charge in [-0.3, -0.25) is 4.79 Å². The molecule has 1 aromatic carbocycles. The predicted molar refractivity (Wildman–Crippen MR) is 73.5 cm³/mol. The van der Waals surface area contributed by atoms with E-state index in [9.17, 15) is 5.11 Å². The van der Waals surface area contributed by atoms with Gasteiger partial charge in [0.2, 0.25) is 0 Å². The van der Waals surface area contributed by atoms with Crippen LogP contribution in [0.15, 0.2) is 18.2 Å². The molecule has 5 heteroatoms. The number of carboxylic acid groups (broad SMARTS) is 1. The van der Waals surface area contributed by atoms with E-state index in [1.54, 1.807) is 12.1 Å². The predicted octanol–water partition coefficient (Wildman–Crippen LogP) is 2.82. The van der Waals surface area contributed by atoms with Crippen molar-refractivity contribution in [1.29, 1.82) is 0 Å². The number of hydrogen-bond donors (Lipinski definition) is 4. The van der Waals surface area contributed by atoms with E-state index >= 15 is 0 Å². The van der Waals surface area contributed by atoms with Gasteiger partial charge in [-0.15, -0.1) is 0 Å².